The van der Waals surface area contributed by atoms with Crippen LogP contribution >= 0.6 is 0 Å². The summed E-state index contributed by atoms with van der Waals surface area (Å²) >= 11 is 0. The van der Waals surface area contributed by atoms with Gasteiger partial charge in [-0.3, -0.25) is 9.97 Å². The molecule has 0 spiro atoms. The first-order valence-electron chi connectivity index (χ1n) is 9.70. The molecular formula is C22H22FN3O3S. The van der Waals surface area contributed by atoms with E-state index < -0.39 is 15.8 Å². The van der Waals surface area contributed by atoms with E-state index in [1.807, 2.05) is 24.3 Å². The van der Waals surface area contributed by atoms with Crippen molar-refractivity contribution in [3.63, 3.8) is 0 Å². The van der Waals surface area contributed by atoms with Crippen LogP contribution in [0.3, 0.4) is 0 Å². The summed E-state index contributed by atoms with van der Waals surface area (Å²) in [5.74, 6) is 0.111. The number of methoxy groups -OCH3 is 1. The van der Waals surface area contributed by atoms with E-state index in [0.29, 0.717) is 31.0 Å². The summed E-state index contributed by atoms with van der Waals surface area (Å²) in [5.41, 5.74) is 2.27. The molecule has 6 nitrogen and oxygen atoms in total. The number of para-hydroxylation sites is 1. The summed E-state index contributed by atoms with van der Waals surface area (Å²) < 4.78 is 46.3. The summed E-state index contributed by atoms with van der Waals surface area (Å²) in [6, 6.07) is 12.5. The van der Waals surface area contributed by atoms with Crippen molar-refractivity contribution in [1.82, 2.24) is 14.3 Å². The third kappa shape index (κ3) is 3.93. The number of sulfonamides is 1. The van der Waals surface area contributed by atoms with Crippen LogP contribution in [0.15, 0.2) is 65.8 Å². The van der Waals surface area contributed by atoms with Crippen molar-refractivity contribution < 1.29 is 17.5 Å². The molecule has 8 heteroatoms. The summed E-state index contributed by atoms with van der Waals surface area (Å²) in [7, 11) is -2.11. The second-order valence-electron chi connectivity index (χ2n) is 7.15. The Labute approximate surface area is 175 Å². The molecule has 1 atom stereocenters. The topological polar surface area (TPSA) is 72.4 Å². The fraction of sp³-hybridized carbons (Fsp3) is 0.273. The quantitative estimate of drug-likeness (QED) is 0.618. The lowest BCUT2D eigenvalue weighted by atomic mass is 9.92. The van der Waals surface area contributed by atoms with Gasteiger partial charge in [0, 0.05) is 37.0 Å². The van der Waals surface area contributed by atoms with Gasteiger partial charge in [0.15, 0.2) is 0 Å². The van der Waals surface area contributed by atoms with E-state index >= 15 is 0 Å². The number of nitrogens with zero attached hydrogens (tertiary/aromatic N) is 3. The standard InChI is InChI=1S/C22H22FN3O3S/c1-29-20-7-3-2-6-19(20)22-21(24-12-13-25-22)16-5-4-14-26(15-16)30(27,28)18-10-8-17(23)9-11-18/h2-3,6-13,16H,4-5,14-15H2,1H3. The van der Waals surface area contributed by atoms with Crippen molar-refractivity contribution in [1.29, 1.82) is 0 Å². The van der Waals surface area contributed by atoms with Crippen molar-refractivity contribution >= 4 is 10.0 Å². The first-order valence-corrected chi connectivity index (χ1v) is 11.1. The third-order valence-corrected chi connectivity index (χ3v) is 7.19. The van der Waals surface area contributed by atoms with E-state index in [1.165, 1.54) is 16.4 Å². The van der Waals surface area contributed by atoms with E-state index in [9.17, 15) is 12.8 Å². The van der Waals surface area contributed by atoms with Crippen LogP contribution in [-0.2, 0) is 10.0 Å². The molecular weight excluding hydrogens is 405 g/mol. The normalized spacial score (nSPS) is 17.6. The Hall–Kier alpha value is -2.84. The average molecular weight is 428 g/mol. The Morgan fingerprint density at radius 1 is 1.07 bits per heavy atom. The zero-order valence-corrected chi connectivity index (χ0v) is 17.3. The predicted octanol–water partition coefficient (Wildman–Crippen LogP) is 3.86. The number of rotatable bonds is 5. The smallest absolute Gasteiger partial charge is 0.243 e. The van der Waals surface area contributed by atoms with Gasteiger partial charge in [-0.05, 0) is 49.2 Å². The predicted molar refractivity (Wildman–Crippen MR) is 111 cm³/mol. The molecule has 2 heterocycles. The molecule has 1 unspecified atom stereocenters. The molecule has 0 amide bonds. The second kappa shape index (κ2) is 8.49. The fourth-order valence-corrected chi connectivity index (χ4v) is 5.36. The van der Waals surface area contributed by atoms with Crippen LogP contribution in [0.25, 0.3) is 11.3 Å². The minimum absolute atomic E-state index is 0.0913. The molecule has 156 valence electrons. The lowest BCUT2D eigenvalue weighted by Gasteiger charge is -2.32. The highest BCUT2D eigenvalue weighted by Gasteiger charge is 2.33. The number of hydrogen-bond donors (Lipinski definition) is 0. The molecule has 1 aliphatic rings. The molecule has 3 aromatic rings. The molecule has 30 heavy (non-hydrogen) atoms. The minimum atomic E-state index is -3.72. The van der Waals surface area contributed by atoms with Gasteiger partial charge in [-0.1, -0.05) is 12.1 Å². The van der Waals surface area contributed by atoms with Crippen molar-refractivity contribution in [2.75, 3.05) is 20.2 Å². The van der Waals surface area contributed by atoms with Crippen LogP contribution in [0.5, 0.6) is 5.75 Å². The lowest BCUT2D eigenvalue weighted by molar-refractivity contribution is 0.312. The number of ether oxygens (including phenoxy) is 1. The molecule has 0 bridgehead atoms. The number of halogens is 1. The van der Waals surface area contributed by atoms with E-state index in [2.05, 4.69) is 9.97 Å². The zero-order valence-electron chi connectivity index (χ0n) is 16.5. The Balaban J connectivity index is 1.67. The van der Waals surface area contributed by atoms with Gasteiger partial charge in [-0.25, -0.2) is 12.8 Å². The lowest BCUT2D eigenvalue weighted by Crippen LogP contribution is -2.39. The van der Waals surface area contributed by atoms with Crippen LogP contribution in [0, 0.1) is 5.82 Å². The van der Waals surface area contributed by atoms with Gasteiger partial charge < -0.3 is 4.74 Å². The fourth-order valence-electron chi connectivity index (χ4n) is 3.83. The average Bonchev–Trinajstić information content (AvgIpc) is 2.79. The summed E-state index contributed by atoms with van der Waals surface area (Å²) in [5, 5.41) is 0. The van der Waals surface area contributed by atoms with E-state index in [4.69, 9.17) is 4.74 Å². The molecule has 0 saturated carbocycles. The van der Waals surface area contributed by atoms with Crippen LogP contribution in [0.4, 0.5) is 4.39 Å². The van der Waals surface area contributed by atoms with Crippen molar-refractivity contribution in [2.45, 2.75) is 23.7 Å². The Morgan fingerprint density at radius 3 is 2.57 bits per heavy atom. The van der Waals surface area contributed by atoms with Gasteiger partial charge in [0.25, 0.3) is 0 Å². The maximum absolute atomic E-state index is 13.2. The van der Waals surface area contributed by atoms with Crippen LogP contribution < -0.4 is 4.74 Å². The number of hydrogen-bond acceptors (Lipinski definition) is 5. The highest BCUT2D eigenvalue weighted by Crippen LogP contribution is 2.36. The molecule has 4 rings (SSSR count). The summed E-state index contributed by atoms with van der Waals surface area (Å²) in [6.07, 6.45) is 4.76. The molecule has 1 aliphatic heterocycles. The first-order chi connectivity index (χ1) is 14.5. The molecule has 0 N–H and O–H groups in total. The Kier molecular flexibility index (Phi) is 5.78. The highest BCUT2D eigenvalue weighted by atomic mass is 32.2. The van der Waals surface area contributed by atoms with Gasteiger partial charge in [0.1, 0.15) is 11.6 Å². The number of piperidine rings is 1. The number of benzene rings is 2. The summed E-state index contributed by atoms with van der Waals surface area (Å²) in [4.78, 5) is 9.19. The second-order valence-corrected chi connectivity index (χ2v) is 9.08. The largest absolute Gasteiger partial charge is 0.496 e. The van der Waals surface area contributed by atoms with Crippen LogP contribution in [0.1, 0.15) is 24.5 Å². The third-order valence-electron chi connectivity index (χ3n) is 5.31. The first kappa shape index (κ1) is 20.4. The monoisotopic (exact) mass is 427 g/mol. The van der Waals surface area contributed by atoms with Gasteiger partial charge in [-0.15, -0.1) is 0 Å². The molecule has 1 saturated heterocycles. The van der Waals surface area contributed by atoms with Gasteiger partial charge in [0.2, 0.25) is 10.0 Å². The van der Waals surface area contributed by atoms with Gasteiger partial charge >= 0.3 is 0 Å². The minimum Gasteiger partial charge on any atom is -0.496 e. The molecule has 1 aromatic heterocycles. The zero-order chi connectivity index (χ0) is 21.1. The number of aromatic nitrogens is 2. The van der Waals surface area contributed by atoms with Crippen LogP contribution in [-0.4, -0.2) is 42.9 Å². The highest BCUT2D eigenvalue weighted by molar-refractivity contribution is 7.89. The molecule has 2 aromatic carbocycles. The van der Waals surface area contributed by atoms with Gasteiger partial charge in [0.05, 0.1) is 23.4 Å². The van der Waals surface area contributed by atoms with Crippen molar-refractivity contribution in [2.24, 2.45) is 0 Å². The molecule has 0 aliphatic carbocycles. The summed E-state index contributed by atoms with van der Waals surface area (Å²) in [6.45, 7) is 0.709. The SMILES string of the molecule is COc1ccccc1-c1nccnc1C1CCCN(S(=O)(=O)c2ccc(F)cc2)C1. The Morgan fingerprint density at radius 2 is 1.80 bits per heavy atom. The molecule has 1 fully saturated rings. The van der Waals surface area contributed by atoms with E-state index in [-0.39, 0.29) is 10.8 Å². The van der Waals surface area contributed by atoms with Crippen LogP contribution in [0.2, 0.25) is 0 Å². The molecule has 0 radical (unpaired) electrons. The van der Waals surface area contributed by atoms with E-state index in [0.717, 1.165) is 29.8 Å². The Bertz CT molecular complexity index is 1140. The van der Waals surface area contributed by atoms with Gasteiger partial charge in [-0.2, -0.15) is 4.31 Å². The van der Waals surface area contributed by atoms with E-state index in [1.54, 1.807) is 19.5 Å². The maximum atomic E-state index is 13.2. The van der Waals surface area contributed by atoms with Crippen molar-refractivity contribution in [3.8, 4) is 17.0 Å². The maximum Gasteiger partial charge on any atom is 0.243 e. The van der Waals surface area contributed by atoms with Crippen molar-refractivity contribution in [3.05, 3.63) is 72.4 Å².